The van der Waals surface area contributed by atoms with Crippen molar-refractivity contribution in [1.82, 2.24) is 5.32 Å². The van der Waals surface area contributed by atoms with Crippen LogP contribution in [0.25, 0.3) is 0 Å². The van der Waals surface area contributed by atoms with Crippen LogP contribution < -0.4 is 10.2 Å². The van der Waals surface area contributed by atoms with E-state index in [2.05, 4.69) is 31.3 Å². The number of rotatable bonds is 31. The van der Waals surface area contributed by atoms with Crippen LogP contribution in [-0.2, 0) is 18.4 Å². The van der Waals surface area contributed by atoms with E-state index < -0.39 is 20.0 Å². The van der Waals surface area contributed by atoms with Gasteiger partial charge in [-0.05, 0) is 44.9 Å². The van der Waals surface area contributed by atoms with Crippen LogP contribution >= 0.6 is 7.82 Å². The molecule has 0 bridgehead atoms. The Morgan fingerprint density at radius 3 is 1.77 bits per heavy atom. The van der Waals surface area contributed by atoms with Gasteiger partial charge in [-0.3, -0.25) is 9.36 Å². The lowest BCUT2D eigenvalue weighted by atomic mass is 10.1. The van der Waals surface area contributed by atoms with Crippen LogP contribution in [0.1, 0.15) is 142 Å². The molecule has 0 saturated heterocycles. The number of aliphatic hydroxyl groups excluding tert-OH is 1. The number of quaternary nitrogens is 1. The highest BCUT2D eigenvalue weighted by Gasteiger charge is 2.23. The fraction of sp³-hybridized carbons (Fsp3) is 0.857. The summed E-state index contributed by atoms with van der Waals surface area (Å²) >= 11 is 0. The first-order chi connectivity index (χ1) is 21.0. The zero-order valence-electron chi connectivity index (χ0n) is 29.1. The minimum atomic E-state index is -4.57. The third kappa shape index (κ3) is 29.7. The molecule has 0 aromatic heterocycles. The van der Waals surface area contributed by atoms with Gasteiger partial charge in [0.2, 0.25) is 5.91 Å². The molecule has 0 aliphatic heterocycles. The van der Waals surface area contributed by atoms with Gasteiger partial charge in [-0.15, -0.1) is 0 Å². The van der Waals surface area contributed by atoms with E-state index in [0.717, 1.165) is 51.4 Å². The zero-order chi connectivity index (χ0) is 32.9. The molecule has 0 spiro atoms. The Morgan fingerprint density at radius 2 is 1.25 bits per heavy atom. The van der Waals surface area contributed by atoms with Gasteiger partial charge in [0.15, 0.2) is 0 Å². The largest absolute Gasteiger partial charge is 0.756 e. The number of aliphatic hydroxyl groups is 1. The van der Waals surface area contributed by atoms with Crippen molar-refractivity contribution in [3.05, 3.63) is 24.3 Å². The average molecular weight is 645 g/mol. The molecule has 1 amide bonds. The Morgan fingerprint density at radius 1 is 0.773 bits per heavy atom. The predicted octanol–water partition coefficient (Wildman–Crippen LogP) is 7.99. The Hall–Kier alpha value is -1.02. The van der Waals surface area contributed by atoms with Crippen LogP contribution in [0.3, 0.4) is 0 Å². The summed E-state index contributed by atoms with van der Waals surface area (Å²) in [5, 5.41) is 13.6. The smallest absolute Gasteiger partial charge is 0.268 e. The minimum Gasteiger partial charge on any atom is -0.756 e. The number of carbonyl (C=O) groups excluding carboxylic acids is 1. The standard InChI is InChI=1S/C35H69N2O6P/c1-6-8-10-12-14-16-17-18-19-21-23-25-27-29-35(39)36-33(32-43-44(40,41)42-31-30-37(3,4)5)34(38)28-26-24-22-20-15-13-11-9-7-2/h18-19,26,28,33-34,38H,6-17,20-25,27,29-32H2,1-5H3,(H-,36,39,40,41)/b19-18-,28-26+. The van der Waals surface area contributed by atoms with Crippen molar-refractivity contribution >= 4 is 13.7 Å². The summed E-state index contributed by atoms with van der Waals surface area (Å²) in [4.78, 5) is 25.0. The molecule has 0 saturated carbocycles. The van der Waals surface area contributed by atoms with Crippen molar-refractivity contribution in [1.29, 1.82) is 0 Å². The SMILES string of the molecule is CCCCCCCC/C=C\CCCCCC(=O)NC(COP(=O)([O-])OCC[N+](C)(C)C)C(O)/C=C/CCCCCCCCC. The number of nitrogens with one attached hydrogen (secondary N) is 1. The van der Waals surface area contributed by atoms with Crippen LogP contribution in [0.2, 0.25) is 0 Å². The fourth-order valence-corrected chi connectivity index (χ4v) is 5.45. The van der Waals surface area contributed by atoms with Crippen molar-refractivity contribution in [3.8, 4) is 0 Å². The second-order valence-corrected chi connectivity index (χ2v) is 14.6. The Labute approximate surface area is 271 Å². The molecule has 2 N–H and O–H groups in total. The van der Waals surface area contributed by atoms with Crippen molar-refractivity contribution in [2.75, 3.05) is 40.9 Å². The average Bonchev–Trinajstić information content (AvgIpc) is 2.95. The highest BCUT2D eigenvalue weighted by molar-refractivity contribution is 7.45. The van der Waals surface area contributed by atoms with Gasteiger partial charge in [-0.1, -0.05) is 115 Å². The maximum Gasteiger partial charge on any atom is 0.268 e. The summed E-state index contributed by atoms with van der Waals surface area (Å²) in [6.45, 7) is 4.56. The number of unbranched alkanes of at least 4 members (excludes halogenated alkanes) is 16. The van der Waals surface area contributed by atoms with Gasteiger partial charge in [0, 0.05) is 6.42 Å². The maximum atomic E-state index is 12.7. The topological polar surface area (TPSA) is 108 Å². The Bertz CT molecular complexity index is 784. The van der Waals surface area contributed by atoms with Crippen LogP contribution in [0.5, 0.6) is 0 Å². The molecular formula is C35H69N2O6P. The van der Waals surface area contributed by atoms with Gasteiger partial charge in [-0.2, -0.15) is 0 Å². The Kier molecular flexibility index (Phi) is 27.6. The lowest BCUT2D eigenvalue weighted by Gasteiger charge is -2.29. The van der Waals surface area contributed by atoms with E-state index in [1.165, 1.54) is 70.6 Å². The molecule has 0 radical (unpaired) electrons. The van der Waals surface area contributed by atoms with E-state index in [4.69, 9.17) is 9.05 Å². The molecule has 0 aromatic carbocycles. The van der Waals surface area contributed by atoms with Gasteiger partial charge < -0.3 is 28.8 Å². The molecule has 8 nitrogen and oxygen atoms in total. The van der Waals surface area contributed by atoms with Crippen molar-refractivity contribution < 1.29 is 32.9 Å². The molecule has 0 aliphatic carbocycles. The first kappa shape index (κ1) is 43.0. The summed E-state index contributed by atoms with van der Waals surface area (Å²) in [5.41, 5.74) is 0. The zero-order valence-corrected chi connectivity index (χ0v) is 30.0. The number of nitrogens with zero attached hydrogens (tertiary/aromatic N) is 1. The quantitative estimate of drug-likeness (QED) is 0.0343. The van der Waals surface area contributed by atoms with E-state index in [1.54, 1.807) is 6.08 Å². The second-order valence-electron chi connectivity index (χ2n) is 13.2. The summed E-state index contributed by atoms with van der Waals surface area (Å²) in [5.74, 6) is -0.219. The molecule has 0 heterocycles. The third-order valence-electron chi connectivity index (χ3n) is 7.66. The summed E-state index contributed by atoms with van der Waals surface area (Å²) in [6.07, 6.45) is 29.4. The van der Waals surface area contributed by atoms with E-state index in [-0.39, 0.29) is 19.1 Å². The highest BCUT2D eigenvalue weighted by Crippen LogP contribution is 2.38. The molecule has 0 aromatic rings. The number of phosphoric acid groups is 1. The predicted molar refractivity (Wildman–Crippen MR) is 182 cm³/mol. The number of likely N-dealkylation sites (N-methyl/N-ethyl adjacent to an activating group) is 1. The summed E-state index contributed by atoms with van der Waals surface area (Å²) in [6, 6.07) is -0.887. The Balaban J connectivity index is 4.59. The van der Waals surface area contributed by atoms with Crippen molar-refractivity contribution in [3.63, 3.8) is 0 Å². The number of carbonyl (C=O) groups is 1. The van der Waals surface area contributed by atoms with E-state index in [9.17, 15) is 19.4 Å². The molecule has 3 unspecified atom stereocenters. The van der Waals surface area contributed by atoms with Crippen LogP contribution in [0.4, 0.5) is 0 Å². The number of amides is 1. The molecule has 3 atom stereocenters. The van der Waals surface area contributed by atoms with E-state index in [1.807, 2.05) is 27.2 Å². The molecule has 260 valence electrons. The minimum absolute atomic E-state index is 0.00353. The fourth-order valence-electron chi connectivity index (χ4n) is 4.73. The van der Waals surface area contributed by atoms with Gasteiger partial charge >= 0.3 is 0 Å². The van der Waals surface area contributed by atoms with Gasteiger partial charge in [0.05, 0.1) is 39.9 Å². The molecule has 9 heteroatoms. The third-order valence-corrected chi connectivity index (χ3v) is 8.62. The number of hydrogen-bond acceptors (Lipinski definition) is 6. The number of allylic oxidation sites excluding steroid dienone is 3. The molecule has 0 fully saturated rings. The lowest BCUT2D eigenvalue weighted by Crippen LogP contribution is -2.45. The van der Waals surface area contributed by atoms with Crippen LogP contribution in [0, 0.1) is 0 Å². The molecular weight excluding hydrogens is 575 g/mol. The van der Waals surface area contributed by atoms with E-state index in [0.29, 0.717) is 17.4 Å². The first-order valence-electron chi connectivity index (χ1n) is 17.7. The van der Waals surface area contributed by atoms with E-state index >= 15 is 0 Å². The van der Waals surface area contributed by atoms with Crippen molar-refractivity contribution in [2.24, 2.45) is 0 Å². The molecule has 0 rings (SSSR count). The van der Waals surface area contributed by atoms with Crippen LogP contribution in [0.15, 0.2) is 24.3 Å². The van der Waals surface area contributed by atoms with Gasteiger partial charge in [-0.25, -0.2) is 0 Å². The lowest BCUT2D eigenvalue weighted by molar-refractivity contribution is -0.870. The second kappa shape index (κ2) is 28.2. The van der Waals surface area contributed by atoms with Crippen molar-refractivity contribution in [2.45, 2.75) is 154 Å². The molecule has 0 aliphatic rings. The maximum absolute atomic E-state index is 12.7. The van der Waals surface area contributed by atoms with Gasteiger partial charge in [0.1, 0.15) is 13.2 Å². The normalized spacial score (nSPS) is 15.2. The number of phosphoric ester groups is 1. The monoisotopic (exact) mass is 644 g/mol. The molecule has 44 heavy (non-hydrogen) atoms. The number of hydrogen-bond donors (Lipinski definition) is 2. The van der Waals surface area contributed by atoms with Crippen LogP contribution in [-0.4, -0.2) is 68.5 Å². The van der Waals surface area contributed by atoms with Gasteiger partial charge in [0.25, 0.3) is 7.82 Å². The first-order valence-corrected chi connectivity index (χ1v) is 19.2. The summed E-state index contributed by atoms with van der Waals surface area (Å²) < 4.78 is 23.0. The summed E-state index contributed by atoms with van der Waals surface area (Å²) in [7, 11) is 1.25. The highest BCUT2D eigenvalue weighted by atomic mass is 31.2.